The van der Waals surface area contributed by atoms with E-state index in [1.54, 1.807) is 31.3 Å². The van der Waals surface area contributed by atoms with Crippen molar-refractivity contribution in [3.63, 3.8) is 0 Å². The molecule has 0 aliphatic carbocycles. The highest BCUT2D eigenvalue weighted by molar-refractivity contribution is 7.80. The topological polar surface area (TPSA) is 79.2 Å². The van der Waals surface area contributed by atoms with Crippen LogP contribution in [0.25, 0.3) is 0 Å². The van der Waals surface area contributed by atoms with E-state index in [0.29, 0.717) is 10.7 Å². The summed E-state index contributed by atoms with van der Waals surface area (Å²) in [6.45, 7) is 0.398. The highest BCUT2D eigenvalue weighted by atomic mass is 32.1. The monoisotopic (exact) mass is 305 g/mol. The van der Waals surface area contributed by atoms with E-state index in [1.807, 2.05) is 0 Å². The van der Waals surface area contributed by atoms with E-state index in [-0.39, 0.29) is 24.4 Å². The van der Waals surface area contributed by atoms with Gasteiger partial charge in [-0.2, -0.15) is 0 Å². The molecule has 21 heavy (non-hydrogen) atoms. The molecule has 0 saturated heterocycles. The molecule has 7 heteroatoms. The van der Waals surface area contributed by atoms with E-state index < -0.39 is 0 Å². The van der Waals surface area contributed by atoms with Crippen molar-refractivity contribution >= 4 is 17.2 Å². The van der Waals surface area contributed by atoms with Gasteiger partial charge >= 0.3 is 5.69 Å². The van der Waals surface area contributed by atoms with Gasteiger partial charge in [0.15, 0.2) is 0 Å². The minimum absolute atomic E-state index is 0.184. The van der Waals surface area contributed by atoms with E-state index in [1.165, 1.54) is 16.8 Å². The molecule has 2 rings (SSSR count). The predicted octanol–water partition coefficient (Wildman–Crippen LogP) is 0.260. The van der Waals surface area contributed by atoms with Gasteiger partial charge in [0.05, 0.1) is 6.54 Å². The number of rotatable bonds is 5. The third-order valence-corrected chi connectivity index (χ3v) is 3.20. The number of nitrogens with two attached hydrogens (primary N) is 1. The van der Waals surface area contributed by atoms with Crippen molar-refractivity contribution < 1.29 is 4.74 Å². The molecule has 0 fully saturated rings. The summed E-state index contributed by atoms with van der Waals surface area (Å²) >= 11 is 4.86. The van der Waals surface area contributed by atoms with E-state index >= 15 is 0 Å². The Hall–Kier alpha value is -2.41. The molecule has 0 radical (unpaired) electrons. The fraction of sp³-hybridized carbons (Fsp3) is 0.214. The number of nitrogens with zero attached hydrogens (tertiary/aromatic N) is 2. The van der Waals surface area contributed by atoms with E-state index in [0.717, 1.165) is 10.1 Å². The zero-order valence-corrected chi connectivity index (χ0v) is 12.3. The molecule has 110 valence electrons. The molecule has 6 nitrogen and oxygen atoms in total. The quantitative estimate of drug-likeness (QED) is 0.802. The molecule has 0 unspecified atom stereocenters. The molecule has 0 spiro atoms. The van der Waals surface area contributed by atoms with Crippen molar-refractivity contribution in [2.75, 3.05) is 6.61 Å². The summed E-state index contributed by atoms with van der Waals surface area (Å²) in [6.07, 6.45) is 1.44. The molecular weight excluding hydrogens is 290 g/mol. The summed E-state index contributed by atoms with van der Waals surface area (Å²) in [7, 11) is 1.59. The summed E-state index contributed by atoms with van der Waals surface area (Å²) in [5, 5.41) is 0. The number of ether oxygens (including phenoxy) is 1. The van der Waals surface area contributed by atoms with Crippen LogP contribution in [-0.4, -0.2) is 20.7 Å². The maximum atomic E-state index is 11.8. The van der Waals surface area contributed by atoms with Crippen LogP contribution in [0.1, 0.15) is 5.56 Å². The van der Waals surface area contributed by atoms with Crippen LogP contribution in [0.3, 0.4) is 0 Å². The van der Waals surface area contributed by atoms with Gasteiger partial charge in [0.25, 0.3) is 5.56 Å². The van der Waals surface area contributed by atoms with Crippen LogP contribution in [0.15, 0.2) is 46.1 Å². The average molecular weight is 305 g/mol. The molecule has 1 heterocycles. The lowest BCUT2D eigenvalue weighted by molar-refractivity contribution is 0.292. The summed E-state index contributed by atoms with van der Waals surface area (Å²) in [5.74, 6) is 0.621. The van der Waals surface area contributed by atoms with Crippen molar-refractivity contribution in [3.05, 3.63) is 62.9 Å². The normalized spacial score (nSPS) is 10.3. The second kappa shape index (κ2) is 6.36. The predicted molar refractivity (Wildman–Crippen MR) is 83.8 cm³/mol. The summed E-state index contributed by atoms with van der Waals surface area (Å²) in [4.78, 5) is 23.7. The molecule has 0 amide bonds. The fourth-order valence-corrected chi connectivity index (χ4v) is 1.93. The Kier molecular flexibility index (Phi) is 4.54. The maximum absolute atomic E-state index is 11.8. The number of hydrogen-bond acceptors (Lipinski definition) is 4. The van der Waals surface area contributed by atoms with Gasteiger partial charge in [-0.25, -0.2) is 4.79 Å². The summed E-state index contributed by atoms with van der Waals surface area (Å²) < 4.78 is 7.98. The minimum atomic E-state index is -0.366. The molecule has 2 aromatic rings. The molecule has 1 aromatic heterocycles. The zero-order chi connectivity index (χ0) is 15.4. The van der Waals surface area contributed by atoms with E-state index in [2.05, 4.69) is 0 Å². The van der Waals surface area contributed by atoms with Crippen LogP contribution < -0.4 is 21.7 Å². The molecule has 0 atom stereocenters. The van der Waals surface area contributed by atoms with Crippen molar-refractivity contribution in [2.45, 2.75) is 6.54 Å². The highest BCUT2D eigenvalue weighted by Crippen LogP contribution is 2.11. The lowest BCUT2D eigenvalue weighted by Gasteiger charge is -2.09. The Labute approximate surface area is 126 Å². The standard InChI is InChI=1S/C14H15N3O3S/c1-16-7-6-12(18)17(14(16)19)8-9-20-11-4-2-10(3-5-11)13(15)21/h2-7H,8-9H2,1H3,(H2,15,21). The van der Waals surface area contributed by atoms with Crippen LogP contribution in [0, 0.1) is 0 Å². The second-order valence-corrected chi connectivity index (χ2v) is 4.88. The minimum Gasteiger partial charge on any atom is -0.492 e. The van der Waals surface area contributed by atoms with Gasteiger partial charge in [-0.3, -0.25) is 9.36 Å². The number of aromatic nitrogens is 2. The fourth-order valence-electron chi connectivity index (χ4n) is 1.79. The largest absolute Gasteiger partial charge is 0.492 e. The number of hydrogen-bond donors (Lipinski definition) is 1. The Morgan fingerprint density at radius 1 is 1.24 bits per heavy atom. The highest BCUT2D eigenvalue weighted by Gasteiger charge is 2.03. The van der Waals surface area contributed by atoms with Crippen molar-refractivity contribution in [1.29, 1.82) is 0 Å². The van der Waals surface area contributed by atoms with Gasteiger partial charge < -0.3 is 15.0 Å². The Bertz CT molecular complexity index is 762. The van der Waals surface area contributed by atoms with Crippen molar-refractivity contribution in [3.8, 4) is 5.75 Å². The van der Waals surface area contributed by atoms with E-state index in [4.69, 9.17) is 22.7 Å². The van der Waals surface area contributed by atoms with Crippen LogP contribution in [0.5, 0.6) is 5.75 Å². The molecule has 0 bridgehead atoms. The number of thiocarbonyl (C=S) groups is 1. The third-order valence-electron chi connectivity index (χ3n) is 2.96. The lowest BCUT2D eigenvalue weighted by Crippen LogP contribution is -2.39. The van der Waals surface area contributed by atoms with Crippen molar-refractivity contribution in [2.24, 2.45) is 12.8 Å². The first-order valence-electron chi connectivity index (χ1n) is 6.28. The SMILES string of the molecule is Cn1ccc(=O)n(CCOc2ccc(C(N)=S)cc2)c1=O. The van der Waals surface area contributed by atoms with Gasteiger partial charge in [0.1, 0.15) is 17.3 Å². The van der Waals surface area contributed by atoms with Gasteiger partial charge in [0.2, 0.25) is 0 Å². The maximum Gasteiger partial charge on any atom is 0.330 e. The van der Waals surface area contributed by atoms with Crippen LogP contribution in [-0.2, 0) is 13.6 Å². The van der Waals surface area contributed by atoms with Gasteiger partial charge in [-0.1, -0.05) is 12.2 Å². The number of benzene rings is 1. The first-order valence-corrected chi connectivity index (χ1v) is 6.69. The number of aryl methyl sites for hydroxylation is 1. The third kappa shape index (κ3) is 3.57. The first kappa shape index (κ1) is 15.0. The van der Waals surface area contributed by atoms with E-state index in [9.17, 15) is 9.59 Å². The van der Waals surface area contributed by atoms with Crippen LogP contribution >= 0.6 is 12.2 Å². The molecule has 2 N–H and O–H groups in total. The summed E-state index contributed by atoms with van der Waals surface area (Å²) in [5.41, 5.74) is 5.55. The smallest absolute Gasteiger partial charge is 0.330 e. The first-order chi connectivity index (χ1) is 9.99. The van der Waals surface area contributed by atoms with Gasteiger partial charge in [-0.15, -0.1) is 0 Å². The summed E-state index contributed by atoms with van der Waals surface area (Å²) in [6, 6.07) is 8.33. The zero-order valence-electron chi connectivity index (χ0n) is 11.5. The Morgan fingerprint density at radius 2 is 1.90 bits per heavy atom. The second-order valence-electron chi connectivity index (χ2n) is 4.44. The van der Waals surface area contributed by atoms with Gasteiger partial charge in [-0.05, 0) is 24.3 Å². The Balaban J connectivity index is 2.02. The molecule has 0 aliphatic rings. The molecule has 0 saturated carbocycles. The molecular formula is C14H15N3O3S. The average Bonchev–Trinajstić information content (AvgIpc) is 2.47. The van der Waals surface area contributed by atoms with Gasteiger partial charge in [0, 0.05) is 24.9 Å². The van der Waals surface area contributed by atoms with Crippen LogP contribution in [0.4, 0.5) is 0 Å². The Morgan fingerprint density at radius 3 is 2.52 bits per heavy atom. The van der Waals surface area contributed by atoms with Crippen LogP contribution in [0.2, 0.25) is 0 Å². The molecule has 0 aliphatic heterocycles. The lowest BCUT2D eigenvalue weighted by atomic mass is 10.2. The molecule has 1 aromatic carbocycles. The van der Waals surface area contributed by atoms with Crippen molar-refractivity contribution in [1.82, 2.24) is 9.13 Å².